The second-order valence-electron chi connectivity index (χ2n) is 4.91. The minimum absolute atomic E-state index is 0.283. The Morgan fingerprint density at radius 3 is 2.52 bits per heavy atom. The molecule has 1 fully saturated rings. The molecule has 1 heterocycles. The number of nitrogens with zero attached hydrogens (tertiary/aromatic N) is 1. The van der Waals surface area contributed by atoms with Gasteiger partial charge >= 0.3 is 12.0 Å². The van der Waals surface area contributed by atoms with E-state index in [1.54, 1.807) is 24.3 Å². The van der Waals surface area contributed by atoms with Crippen molar-refractivity contribution in [3.63, 3.8) is 0 Å². The van der Waals surface area contributed by atoms with Crippen LogP contribution in [0.2, 0.25) is 0 Å². The smallest absolute Gasteiger partial charge is 0.326 e. The minimum Gasteiger partial charge on any atom is -0.480 e. The summed E-state index contributed by atoms with van der Waals surface area (Å²) in [7, 11) is 0. The van der Waals surface area contributed by atoms with Gasteiger partial charge in [-0.05, 0) is 30.5 Å². The van der Waals surface area contributed by atoms with E-state index in [0.717, 1.165) is 5.56 Å². The van der Waals surface area contributed by atoms with Crippen molar-refractivity contribution in [3.8, 4) is 0 Å². The lowest BCUT2D eigenvalue weighted by atomic mass is 10.1. The van der Waals surface area contributed by atoms with Crippen molar-refractivity contribution in [3.05, 3.63) is 35.4 Å². The van der Waals surface area contributed by atoms with E-state index in [0.29, 0.717) is 24.9 Å². The van der Waals surface area contributed by atoms with Crippen LogP contribution < -0.4 is 11.1 Å². The maximum atomic E-state index is 12.3. The van der Waals surface area contributed by atoms with Crippen molar-refractivity contribution in [2.75, 3.05) is 6.54 Å². The van der Waals surface area contributed by atoms with Gasteiger partial charge in [-0.3, -0.25) is 4.79 Å². The van der Waals surface area contributed by atoms with Gasteiger partial charge in [-0.15, -0.1) is 0 Å². The molecular weight excluding hydrogens is 274 g/mol. The van der Waals surface area contributed by atoms with Crippen molar-refractivity contribution in [1.82, 2.24) is 10.2 Å². The monoisotopic (exact) mass is 291 g/mol. The van der Waals surface area contributed by atoms with Crippen LogP contribution in [-0.2, 0) is 11.3 Å². The first-order valence-corrected chi connectivity index (χ1v) is 6.65. The third-order valence-corrected chi connectivity index (χ3v) is 3.47. The predicted molar refractivity (Wildman–Crippen MR) is 74.6 cm³/mol. The molecular formula is C14H17N3O4. The summed E-state index contributed by atoms with van der Waals surface area (Å²) in [6, 6.07) is 5.30. The molecule has 0 spiro atoms. The molecule has 2 rings (SSSR count). The highest BCUT2D eigenvalue weighted by Gasteiger charge is 2.34. The number of carbonyl (C=O) groups is 3. The normalized spacial score (nSPS) is 17.5. The summed E-state index contributed by atoms with van der Waals surface area (Å²) >= 11 is 0. The number of benzene rings is 1. The number of rotatable bonds is 4. The van der Waals surface area contributed by atoms with Crippen LogP contribution in [0.15, 0.2) is 24.3 Å². The fraction of sp³-hybridized carbons (Fsp3) is 0.357. The lowest BCUT2D eigenvalue weighted by Gasteiger charge is -2.21. The quantitative estimate of drug-likeness (QED) is 0.751. The van der Waals surface area contributed by atoms with Crippen LogP contribution in [0.5, 0.6) is 0 Å². The summed E-state index contributed by atoms with van der Waals surface area (Å²) in [5.74, 6) is -1.25. The highest BCUT2D eigenvalue weighted by Crippen LogP contribution is 2.20. The van der Waals surface area contributed by atoms with E-state index in [1.165, 1.54) is 4.90 Å². The molecule has 0 aliphatic carbocycles. The fourth-order valence-corrected chi connectivity index (χ4v) is 2.39. The van der Waals surface area contributed by atoms with Gasteiger partial charge in [0.05, 0.1) is 0 Å². The van der Waals surface area contributed by atoms with Gasteiger partial charge in [-0.25, -0.2) is 9.59 Å². The summed E-state index contributed by atoms with van der Waals surface area (Å²) in [6.45, 7) is 0.742. The number of carboxylic acid groups (broad SMARTS) is 1. The highest BCUT2D eigenvalue weighted by atomic mass is 16.4. The Morgan fingerprint density at radius 1 is 1.29 bits per heavy atom. The molecule has 1 aromatic carbocycles. The number of primary amides is 1. The molecule has 1 aliphatic heterocycles. The fourth-order valence-electron chi connectivity index (χ4n) is 2.39. The molecule has 1 aromatic rings. The van der Waals surface area contributed by atoms with E-state index in [-0.39, 0.29) is 12.5 Å². The van der Waals surface area contributed by atoms with Crippen molar-refractivity contribution < 1.29 is 19.5 Å². The molecule has 1 atom stereocenters. The van der Waals surface area contributed by atoms with Crippen molar-refractivity contribution >= 4 is 17.9 Å². The van der Waals surface area contributed by atoms with E-state index in [2.05, 4.69) is 5.32 Å². The largest absolute Gasteiger partial charge is 0.480 e. The summed E-state index contributed by atoms with van der Waals surface area (Å²) in [4.78, 5) is 35.4. The van der Waals surface area contributed by atoms with Crippen molar-refractivity contribution in [2.24, 2.45) is 5.73 Å². The van der Waals surface area contributed by atoms with Crippen molar-refractivity contribution in [1.29, 1.82) is 0 Å². The molecule has 21 heavy (non-hydrogen) atoms. The van der Waals surface area contributed by atoms with Crippen LogP contribution in [0.1, 0.15) is 28.8 Å². The van der Waals surface area contributed by atoms with E-state index < -0.39 is 18.0 Å². The first-order chi connectivity index (χ1) is 9.99. The zero-order valence-electron chi connectivity index (χ0n) is 11.4. The van der Waals surface area contributed by atoms with Crippen LogP contribution in [-0.4, -0.2) is 40.5 Å². The number of carboxylic acids is 1. The number of nitrogens with one attached hydrogen (secondary N) is 1. The lowest BCUT2D eigenvalue weighted by molar-refractivity contribution is -0.141. The van der Waals surface area contributed by atoms with E-state index in [1.807, 2.05) is 0 Å². The van der Waals surface area contributed by atoms with Crippen LogP contribution in [0.25, 0.3) is 0 Å². The molecule has 3 amide bonds. The second-order valence-corrected chi connectivity index (χ2v) is 4.91. The van der Waals surface area contributed by atoms with Crippen LogP contribution >= 0.6 is 0 Å². The van der Waals surface area contributed by atoms with Gasteiger partial charge in [0.25, 0.3) is 5.91 Å². The lowest BCUT2D eigenvalue weighted by Crippen LogP contribution is -2.40. The van der Waals surface area contributed by atoms with Gasteiger partial charge in [0.1, 0.15) is 6.04 Å². The van der Waals surface area contributed by atoms with Crippen LogP contribution in [0, 0.1) is 0 Å². The Bertz CT molecular complexity index is 556. The first-order valence-electron chi connectivity index (χ1n) is 6.65. The molecule has 0 radical (unpaired) electrons. The van der Waals surface area contributed by atoms with Gasteiger partial charge < -0.3 is 21.1 Å². The van der Waals surface area contributed by atoms with E-state index >= 15 is 0 Å². The molecule has 0 bridgehead atoms. The predicted octanol–water partition coefficient (Wildman–Crippen LogP) is 0.544. The number of nitrogens with two attached hydrogens (primary N) is 1. The average molecular weight is 291 g/mol. The van der Waals surface area contributed by atoms with E-state index in [9.17, 15) is 14.4 Å². The summed E-state index contributed by atoms with van der Waals surface area (Å²) in [5, 5.41) is 11.6. The molecule has 0 aromatic heterocycles. The summed E-state index contributed by atoms with van der Waals surface area (Å²) in [5.41, 5.74) is 6.22. The number of carbonyl (C=O) groups excluding carboxylic acids is 2. The number of aliphatic carboxylic acids is 1. The molecule has 112 valence electrons. The SMILES string of the molecule is NC(=O)NCc1ccc(C(=O)N2CCC[C@H]2C(=O)O)cc1. The maximum absolute atomic E-state index is 12.3. The standard InChI is InChI=1S/C14H17N3O4/c15-14(21)16-8-9-3-5-10(6-4-9)12(18)17-7-1-2-11(17)13(19)20/h3-6,11H,1-2,7-8H2,(H,19,20)(H3,15,16,21)/t11-/m0/s1. The highest BCUT2D eigenvalue weighted by molar-refractivity contribution is 5.97. The Labute approximate surface area is 121 Å². The minimum atomic E-state index is -0.969. The molecule has 1 aliphatic rings. The van der Waals surface area contributed by atoms with Crippen molar-refractivity contribution in [2.45, 2.75) is 25.4 Å². The third-order valence-electron chi connectivity index (χ3n) is 3.47. The number of likely N-dealkylation sites (tertiary alicyclic amines) is 1. The number of urea groups is 1. The molecule has 4 N–H and O–H groups in total. The zero-order valence-corrected chi connectivity index (χ0v) is 11.4. The van der Waals surface area contributed by atoms with Gasteiger partial charge in [-0.2, -0.15) is 0 Å². The molecule has 0 unspecified atom stereocenters. The molecule has 7 nitrogen and oxygen atoms in total. The third kappa shape index (κ3) is 3.50. The summed E-state index contributed by atoms with van der Waals surface area (Å²) in [6.07, 6.45) is 1.19. The van der Waals surface area contributed by atoms with Gasteiger partial charge in [0.2, 0.25) is 0 Å². The number of hydrogen-bond donors (Lipinski definition) is 3. The first kappa shape index (κ1) is 14.8. The Balaban J connectivity index is 2.06. The van der Waals surface area contributed by atoms with E-state index in [4.69, 9.17) is 10.8 Å². The topological polar surface area (TPSA) is 113 Å². The molecule has 1 saturated heterocycles. The Hall–Kier alpha value is -2.57. The van der Waals surface area contributed by atoms with Crippen LogP contribution in [0.4, 0.5) is 4.79 Å². The molecule has 7 heteroatoms. The van der Waals surface area contributed by atoms with Gasteiger partial charge in [0, 0.05) is 18.7 Å². The van der Waals surface area contributed by atoms with Crippen LogP contribution in [0.3, 0.4) is 0 Å². The Morgan fingerprint density at radius 2 is 1.95 bits per heavy atom. The summed E-state index contributed by atoms with van der Waals surface area (Å²) < 4.78 is 0. The number of amides is 3. The zero-order chi connectivity index (χ0) is 15.4. The number of hydrogen-bond acceptors (Lipinski definition) is 3. The average Bonchev–Trinajstić information content (AvgIpc) is 2.94. The van der Waals surface area contributed by atoms with Gasteiger partial charge in [0.15, 0.2) is 0 Å². The Kier molecular flexibility index (Phi) is 4.42. The molecule has 0 saturated carbocycles. The van der Waals surface area contributed by atoms with Gasteiger partial charge in [-0.1, -0.05) is 12.1 Å². The maximum Gasteiger partial charge on any atom is 0.326 e. The second kappa shape index (κ2) is 6.25.